The Kier molecular flexibility index (Phi) is 6.12. The largest absolute Gasteiger partial charge is 0.469 e. The Bertz CT molecular complexity index is 1010. The molecule has 4 saturated carbocycles. The molecule has 5 aliphatic rings. The molecule has 0 spiro atoms. The molecule has 0 bridgehead atoms. The molecule has 0 aliphatic heterocycles. The van der Waals surface area contributed by atoms with Crippen LogP contribution in [0.3, 0.4) is 0 Å². The Hall–Kier alpha value is -1.36. The maximum atomic E-state index is 13.5. The third-order valence-corrected chi connectivity index (χ3v) is 13.7. The molecule has 0 aromatic heterocycles. The van der Waals surface area contributed by atoms with E-state index in [1.165, 1.54) is 19.8 Å². The van der Waals surface area contributed by atoms with Crippen LogP contribution in [0.25, 0.3) is 0 Å². The van der Waals surface area contributed by atoms with Crippen LogP contribution >= 0.6 is 0 Å². The number of carbonyl (C=O) groups excluding carboxylic acids is 2. The molecule has 1 N–H and O–H groups in total. The number of methoxy groups -OCH3 is 2. The summed E-state index contributed by atoms with van der Waals surface area (Å²) >= 11 is 0. The first kappa shape index (κ1) is 27.2. The van der Waals surface area contributed by atoms with E-state index in [0.717, 1.165) is 44.9 Å². The van der Waals surface area contributed by atoms with Crippen LogP contribution in [0.15, 0.2) is 11.6 Å². The van der Waals surface area contributed by atoms with Gasteiger partial charge >= 0.3 is 11.9 Å². The molecule has 0 aromatic rings. The molecular weight excluding hydrogens is 464 g/mol. The van der Waals surface area contributed by atoms with Crippen LogP contribution in [-0.2, 0) is 19.1 Å². The van der Waals surface area contributed by atoms with Crippen LogP contribution in [0.1, 0.15) is 106 Å². The molecule has 4 fully saturated rings. The number of esters is 2. The van der Waals surface area contributed by atoms with E-state index in [1.54, 1.807) is 0 Å². The Balaban J connectivity index is 1.60. The number of aliphatic hydroxyl groups excluding tert-OH is 1. The van der Waals surface area contributed by atoms with E-state index in [0.29, 0.717) is 31.1 Å². The molecule has 5 aliphatic carbocycles. The molecule has 0 heterocycles. The van der Waals surface area contributed by atoms with Gasteiger partial charge in [0.25, 0.3) is 0 Å². The number of hydrogen-bond donors (Lipinski definition) is 1. The van der Waals surface area contributed by atoms with E-state index in [4.69, 9.17) is 9.47 Å². The summed E-state index contributed by atoms with van der Waals surface area (Å²) < 4.78 is 10.7. The summed E-state index contributed by atoms with van der Waals surface area (Å²) in [5.41, 5.74) is 0.482. The first-order valence-electron chi connectivity index (χ1n) is 14.7. The molecule has 0 saturated heterocycles. The van der Waals surface area contributed by atoms with Crippen molar-refractivity contribution in [2.75, 3.05) is 14.2 Å². The molecule has 0 unspecified atom stereocenters. The van der Waals surface area contributed by atoms with Gasteiger partial charge in [-0.1, -0.05) is 46.3 Å². The molecule has 5 rings (SSSR count). The molecular formula is C32H50O5. The minimum atomic E-state index is -0.582. The minimum absolute atomic E-state index is 0.00414. The van der Waals surface area contributed by atoms with E-state index >= 15 is 0 Å². The number of ether oxygens (including phenoxy) is 2. The summed E-state index contributed by atoms with van der Waals surface area (Å²) in [7, 11) is 3.00. The Labute approximate surface area is 224 Å². The highest BCUT2D eigenvalue weighted by Crippen LogP contribution is 2.75. The number of aliphatic hydroxyl groups is 1. The maximum absolute atomic E-state index is 13.5. The van der Waals surface area contributed by atoms with Crippen LogP contribution in [0.2, 0.25) is 0 Å². The molecule has 0 aromatic carbocycles. The van der Waals surface area contributed by atoms with E-state index in [-0.39, 0.29) is 45.6 Å². The van der Waals surface area contributed by atoms with Crippen LogP contribution in [0.5, 0.6) is 0 Å². The first-order valence-corrected chi connectivity index (χ1v) is 14.7. The Morgan fingerprint density at radius 3 is 2.14 bits per heavy atom. The van der Waals surface area contributed by atoms with Gasteiger partial charge in [0, 0.05) is 0 Å². The van der Waals surface area contributed by atoms with Crippen molar-refractivity contribution in [1.29, 1.82) is 0 Å². The zero-order valence-electron chi connectivity index (χ0n) is 24.5. The van der Waals surface area contributed by atoms with Gasteiger partial charge in [-0.15, -0.1) is 0 Å². The second kappa shape index (κ2) is 8.32. The zero-order valence-corrected chi connectivity index (χ0v) is 24.5. The Morgan fingerprint density at radius 1 is 0.838 bits per heavy atom. The number of allylic oxidation sites excluding steroid dienone is 2. The fourth-order valence-corrected chi connectivity index (χ4v) is 11.1. The SMILES string of the molecule is COC(=O)[C@]1(C)CC[C@]2(C(=O)OC)CC[C@]3(C)C(=CC[C@@H]4[C@@]5(C)CC[C@H](O)C(C)(C)[C@@H]5CC[C@]43C)[C@@H]2C1. The zero-order chi connectivity index (χ0) is 27.2. The molecule has 5 nitrogen and oxygen atoms in total. The predicted molar refractivity (Wildman–Crippen MR) is 143 cm³/mol. The molecule has 37 heavy (non-hydrogen) atoms. The lowest BCUT2D eigenvalue weighted by Crippen LogP contribution is -2.65. The van der Waals surface area contributed by atoms with E-state index in [1.807, 2.05) is 6.92 Å². The normalized spacial score (nSPS) is 50.4. The number of rotatable bonds is 2. The number of carbonyl (C=O) groups is 2. The average molecular weight is 515 g/mol. The van der Waals surface area contributed by atoms with Crippen LogP contribution < -0.4 is 0 Å². The highest BCUT2D eigenvalue weighted by atomic mass is 16.5. The smallest absolute Gasteiger partial charge is 0.312 e. The van der Waals surface area contributed by atoms with Gasteiger partial charge in [0.05, 0.1) is 31.2 Å². The van der Waals surface area contributed by atoms with Crippen molar-refractivity contribution < 1.29 is 24.2 Å². The van der Waals surface area contributed by atoms with Crippen molar-refractivity contribution in [3.63, 3.8) is 0 Å². The third kappa shape index (κ3) is 3.31. The maximum Gasteiger partial charge on any atom is 0.312 e. The van der Waals surface area contributed by atoms with Gasteiger partial charge in [-0.05, 0) is 111 Å². The van der Waals surface area contributed by atoms with Crippen LogP contribution in [0.4, 0.5) is 0 Å². The summed E-state index contributed by atoms with van der Waals surface area (Å²) in [4.78, 5) is 26.4. The van der Waals surface area contributed by atoms with Crippen molar-refractivity contribution >= 4 is 11.9 Å². The lowest BCUT2D eigenvalue weighted by atomic mass is 9.33. The summed E-state index contributed by atoms with van der Waals surface area (Å²) in [6.07, 6.45) is 11.3. The summed E-state index contributed by atoms with van der Waals surface area (Å²) in [5.74, 6) is 0.800. The van der Waals surface area contributed by atoms with Gasteiger partial charge in [-0.25, -0.2) is 0 Å². The minimum Gasteiger partial charge on any atom is -0.469 e. The lowest BCUT2D eigenvalue weighted by molar-refractivity contribution is -0.207. The number of hydrogen-bond acceptors (Lipinski definition) is 5. The van der Waals surface area contributed by atoms with Crippen molar-refractivity contribution in [3.8, 4) is 0 Å². The van der Waals surface area contributed by atoms with E-state index in [9.17, 15) is 14.7 Å². The monoisotopic (exact) mass is 514 g/mol. The van der Waals surface area contributed by atoms with Gasteiger partial charge in [-0.3, -0.25) is 9.59 Å². The molecule has 5 heteroatoms. The molecule has 208 valence electrons. The standard InChI is InChI=1S/C32H50O5/c1-27(2)22-11-14-31(6)23(29(22,4)13-12-24(27)33)10-9-20-21-19-28(3,25(34)36-7)15-17-32(21,26(35)37-8)18-16-30(20,31)5/h9,21-24,33H,10-19H2,1-8H3/t21-,22-,23+,24-,28+,29-,30+,31+,32-/m0/s1. The van der Waals surface area contributed by atoms with Crippen molar-refractivity contribution in [1.82, 2.24) is 0 Å². The van der Waals surface area contributed by atoms with Crippen molar-refractivity contribution in [3.05, 3.63) is 11.6 Å². The average Bonchev–Trinajstić information content (AvgIpc) is 2.86. The van der Waals surface area contributed by atoms with Crippen molar-refractivity contribution in [2.24, 2.45) is 50.2 Å². The third-order valence-electron chi connectivity index (χ3n) is 13.7. The fourth-order valence-electron chi connectivity index (χ4n) is 11.1. The summed E-state index contributed by atoms with van der Waals surface area (Å²) in [6, 6.07) is 0. The van der Waals surface area contributed by atoms with Crippen molar-refractivity contribution in [2.45, 2.75) is 112 Å². The van der Waals surface area contributed by atoms with E-state index < -0.39 is 10.8 Å². The van der Waals surface area contributed by atoms with E-state index in [2.05, 4.69) is 40.7 Å². The second-order valence-electron chi connectivity index (χ2n) is 15.1. The molecule has 9 atom stereocenters. The van der Waals surface area contributed by atoms with Gasteiger partial charge in [0.15, 0.2) is 0 Å². The van der Waals surface area contributed by atoms with Gasteiger partial charge < -0.3 is 14.6 Å². The fraction of sp³-hybridized carbons (Fsp3) is 0.875. The van der Waals surface area contributed by atoms with Crippen LogP contribution in [-0.4, -0.2) is 37.4 Å². The highest BCUT2D eigenvalue weighted by Gasteiger charge is 2.69. The van der Waals surface area contributed by atoms with Gasteiger partial charge in [0.1, 0.15) is 0 Å². The molecule has 0 amide bonds. The quantitative estimate of drug-likeness (QED) is 0.337. The molecule has 0 radical (unpaired) electrons. The van der Waals surface area contributed by atoms with Gasteiger partial charge in [-0.2, -0.15) is 0 Å². The lowest BCUT2D eigenvalue weighted by Gasteiger charge is -2.71. The van der Waals surface area contributed by atoms with Crippen LogP contribution in [0, 0.1) is 50.2 Å². The first-order chi connectivity index (χ1) is 17.2. The second-order valence-corrected chi connectivity index (χ2v) is 15.1. The topological polar surface area (TPSA) is 72.8 Å². The summed E-state index contributed by atoms with van der Waals surface area (Å²) in [6.45, 7) is 14.1. The Morgan fingerprint density at radius 2 is 1.49 bits per heavy atom. The van der Waals surface area contributed by atoms with Gasteiger partial charge in [0.2, 0.25) is 0 Å². The number of fused-ring (bicyclic) bond motifs is 7. The predicted octanol–water partition coefficient (Wildman–Crippen LogP) is 6.48. The summed E-state index contributed by atoms with van der Waals surface area (Å²) in [5, 5.41) is 10.9. The highest BCUT2D eigenvalue weighted by molar-refractivity contribution is 5.81.